The van der Waals surface area contributed by atoms with Gasteiger partial charge in [0.1, 0.15) is 0 Å². The molecule has 15 heavy (non-hydrogen) atoms. The van der Waals surface area contributed by atoms with E-state index in [0.29, 0.717) is 6.04 Å². The SMILES string of the molecule is CC(C)N(CCCO)CCC(C)(C)C#N. The van der Waals surface area contributed by atoms with Gasteiger partial charge < -0.3 is 10.0 Å². The van der Waals surface area contributed by atoms with E-state index in [4.69, 9.17) is 10.4 Å². The van der Waals surface area contributed by atoms with Gasteiger partial charge in [0.25, 0.3) is 0 Å². The van der Waals surface area contributed by atoms with Crippen molar-refractivity contribution in [1.82, 2.24) is 4.90 Å². The van der Waals surface area contributed by atoms with Crippen molar-refractivity contribution in [2.75, 3.05) is 19.7 Å². The Balaban J connectivity index is 4.02. The van der Waals surface area contributed by atoms with E-state index in [0.717, 1.165) is 25.9 Å². The van der Waals surface area contributed by atoms with Crippen molar-refractivity contribution < 1.29 is 5.11 Å². The fourth-order valence-corrected chi connectivity index (χ4v) is 1.38. The van der Waals surface area contributed by atoms with Gasteiger partial charge in [-0.25, -0.2) is 0 Å². The Labute approximate surface area is 93.7 Å². The number of hydrogen-bond donors (Lipinski definition) is 1. The highest BCUT2D eigenvalue weighted by molar-refractivity contribution is 4.92. The molecule has 0 unspecified atom stereocenters. The molecule has 0 aliphatic carbocycles. The molecule has 1 N–H and O–H groups in total. The predicted molar refractivity (Wildman–Crippen MR) is 62.4 cm³/mol. The van der Waals surface area contributed by atoms with Gasteiger partial charge >= 0.3 is 0 Å². The van der Waals surface area contributed by atoms with Gasteiger partial charge in [-0.3, -0.25) is 0 Å². The molecular weight excluding hydrogens is 188 g/mol. The summed E-state index contributed by atoms with van der Waals surface area (Å²) in [5.41, 5.74) is -0.244. The van der Waals surface area contributed by atoms with Gasteiger partial charge in [0, 0.05) is 19.2 Å². The van der Waals surface area contributed by atoms with Crippen molar-refractivity contribution in [3.05, 3.63) is 0 Å². The van der Waals surface area contributed by atoms with Crippen LogP contribution in [0.15, 0.2) is 0 Å². The maximum absolute atomic E-state index is 8.91. The smallest absolute Gasteiger partial charge is 0.0684 e. The molecule has 0 aliphatic heterocycles. The number of rotatable bonds is 7. The molecule has 0 aromatic carbocycles. The van der Waals surface area contributed by atoms with Gasteiger partial charge in [0.2, 0.25) is 0 Å². The van der Waals surface area contributed by atoms with Crippen LogP contribution in [0.5, 0.6) is 0 Å². The molecule has 0 amide bonds. The highest BCUT2D eigenvalue weighted by Crippen LogP contribution is 2.19. The van der Waals surface area contributed by atoms with Crippen LogP contribution in [0.4, 0.5) is 0 Å². The number of aliphatic hydroxyl groups is 1. The average Bonchev–Trinajstić information content (AvgIpc) is 2.17. The first-order chi connectivity index (χ1) is 6.93. The summed E-state index contributed by atoms with van der Waals surface area (Å²) in [5, 5.41) is 17.7. The monoisotopic (exact) mass is 212 g/mol. The Morgan fingerprint density at radius 1 is 1.33 bits per heavy atom. The second-order valence-corrected chi connectivity index (χ2v) is 4.95. The first kappa shape index (κ1) is 14.4. The summed E-state index contributed by atoms with van der Waals surface area (Å²) in [4.78, 5) is 2.31. The maximum atomic E-state index is 8.91. The lowest BCUT2D eigenvalue weighted by atomic mass is 9.91. The summed E-state index contributed by atoms with van der Waals surface area (Å²) >= 11 is 0. The molecule has 0 fully saturated rings. The van der Waals surface area contributed by atoms with E-state index in [1.54, 1.807) is 0 Å². The predicted octanol–water partition coefficient (Wildman–Crippen LogP) is 2.02. The van der Waals surface area contributed by atoms with Gasteiger partial charge in [0.05, 0.1) is 11.5 Å². The van der Waals surface area contributed by atoms with E-state index in [2.05, 4.69) is 24.8 Å². The third-order valence-electron chi connectivity index (χ3n) is 2.66. The molecule has 0 heterocycles. The van der Waals surface area contributed by atoms with E-state index in [1.165, 1.54) is 0 Å². The zero-order chi connectivity index (χ0) is 11.9. The third kappa shape index (κ3) is 6.48. The number of aliphatic hydroxyl groups excluding tert-OH is 1. The molecule has 3 nitrogen and oxygen atoms in total. The number of nitrogens with zero attached hydrogens (tertiary/aromatic N) is 2. The lowest BCUT2D eigenvalue weighted by molar-refractivity contribution is 0.176. The van der Waals surface area contributed by atoms with Gasteiger partial charge in [-0.05, 0) is 47.1 Å². The largest absolute Gasteiger partial charge is 0.396 e. The molecule has 0 aliphatic rings. The van der Waals surface area contributed by atoms with Crippen molar-refractivity contribution >= 4 is 0 Å². The fraction of sp³-hybridized carbons (Fsp3) is 0.917. The standard InChI is InChI=1S/C12H24N2O/c1-11(2)14(7-5-9-15)8-6-12(3,4)10-13/h11,15H,5-9H2,1-4H3. The second kappa shape index (κ2) is 6.81. The van der Waals surface area contributed by atoms with Crippen molar-refractivity contribution in [2.45, 2.75) is 46.6 Å². The lowest BCUT2D eigenvalue weighted by Crippen LogP contribution is -2.35. The van der Waals surface area contributed by atoms with Crippen LogP contribution in [-0.4, -0.2) is 35.7 Å². The van der Waals surface area contributed by atoms with Gasteiger partial charge in [-0.15, -0.1) is 0 Å². The average molecular weight is 212 g/mol. The van der Waals surface area contributed by atoms with Crippen LogP contribution in [0.2, 0.25) is 0 Å². The highest BCUT2D eigenvalue weighted by Gasteiger charge is 2.19. The van der Waals surface area contributed by atoms with Crippen LogP contribution < -0.4 is 0 Å². The van der Waals surface area contributed by atoms with Crippen molar-refractivity contribution in [2.24, 2.45) is 5.41 Å². The Bertz CT molecular complexity index is 206. The summed E-state index contributed by atoms with van der Waals surface area (Å²) < 4.78 is 0. The minimum absolute atomic E-state index is 0.241. The number of nitriles is 1. The summed E-state index contributed by atoms with van der Waals surface area (Å²) in [6.45, 7) is 10.3. The van der Waals surface area contributed by atoms with Gasteiger partial charge in [-0.2, -0.15) is 5.26 Å². The van der Waals surface area contributed by atoms with Gasteiger partial charge in [-0.1, -0.05) is 0 Å². The molecule has 88 valence electrons. The van der Waals surface area contributed by atoms with Crippen molar-refractivity contribution in [1.29, 1.82) is 5.26 Å². The Kier molecular flexibility index (Phi) is 6.55. The van der Waals surface area contributed by atoms with Crippen LogP contribution in [0.25, 0.3) is 0 Å². The Hall–Kier alpha value is -0.590. The zero-order valence-electron chi connectivity index (χ0n) is 10.5. The van der Waals surface area contributed by atoms with Gasteiger partial charge in [0.15, 0.2) is 0 Å². The van der Waals surface area contributed by atoms with Crippen LogP contribution in [-0.2, 0) is 0 Å². The minimum Gasteiger partial charge on any atom is -0.396 e. The van der Waals surface area contributed by atoms with Crippen LogP contribution in [0.3, 0.4) is 0 Å². The normalized spacial score (nSPS) is 12.1. The van der Waals surface area contributed by atoms with Crippen molar-refractivity contribution in [3.8, 4) is 6.07 Å². The first-order valence-electron chi connectivity index (χ1n) is 5.69. The molecule has 0 bridgehead atoms. The van der Waals surface area contributed by atoms with E-state index in [9.17, 15) is 0 Å². The highest BCUT2D eigenvalue weighted by atomic mass is 16.3. The van der Waals surface area contributed by atoms with Crippen LogP contribution >= 0.6 is 0 Å². The quantitative estimate of drug-likeness (QED) is 0.702. The Morgan fingerprint density at radius 2 is 1.93 bits per heavy atom. The van der Waals surface area contributed by atoms with Crippen LogP contribution in [0, 0.1) is 16.7 Å². The minimum atomic E-state index is -0.244. The Morgan fingerprint density at radius 3 is 2.33 bits per heavy atom. The topological polar surface area (TPSA) is 47.3 Å². The summed E-state index contributed by atoms with van der Waals surface area (Å²) in [6, 6.07) is 2.79. The van der Waals surface area contributed by atoms with Crippen molar-refractivity contribution in [3.63, 3.8) is 0 Å². The molecule has 0 atom stereocenters. The van der Waals surface area contributed by atoms with Crippen LogP contribution in [0.1, 0.15) is 40.5 Å². The molecule has 0 aromatic heterocycles. The molecule has 0 saturated heterocycles. The molecule has 0 saturated carbocycles. The van der Waals surface area contributed by atoms with E-state index in [1.807, 2.05) is 13.8 Å². The lowest BCUT2D eigenvalue weighted by Gasteiger charge is -2.28. The first-order valence-corrected chi connectivity index (χ1v) is 5.69. The molecular formula is C12H24N2O. The maximum Gasteiger partial charge on any atom is 0.0684 e. The molecule has 0 spiro atoms. The summed E-state index contributed by atoms with van der Waals surface area (Å²) in [6.07, 6.45) is 1.69. The van der Waals surface area contributed by atoms with E-state index < -0.39 is 0 Å². The fourth-order valence-electron chi connectivity index (χ4n) is 1.38. The molecule has 3 heteroatoms. The number of hydrogen-bond acceptors (Lipinski definition) is 3. The summed E-state index contributed by atoms with van der Waals surface area (Å²) in [5.74, 6) is 0. The molecule has 0 rings (SSSR count). The second-order valence-electron chi connectivity index (χ2n) is 4.95. The third-order valence-corrected chi connectivity index (χ3v) is 2.66. The van der Waals surface area contributed by atoms with E-state index >= 15 is 0 Å². The summed E-state index contributed by atoms with van der Waals surface area (Å²) in [7, 11) is 0. The zero-order valence-corrected chi connectivity index (χ0v) is 10.5. The molecule has 0 aromatic rings. The molecule has 0 radical (unpaired) electrons. The van der Waals surface area contributed by atoms with E-state index in [-0.39, 0.29) is 12.0 Å².